The summed E-state index contributed by atoms with van der Waals surface area (Å²) in [4.78, 5) is 18.6. The zero-order chi connectivity index (χ0) is 5.86. The van der Waals surface area contributed by atoms with Gasteiger partial charge in [-0.2, -0.15) is 0 Å². The summed E-state index contributed by atoms with van der Waals surface area (Å²) in [5.41, 5.74) is 0. The molecule has 0 amide bonds. The van der Waals surface area contributed by atoms with Crippen LogP contribution in [0.1, 0.15) is 6.42 Å². The van der Waals surface area contributed by atoms with Gasteiger partial charge in [-0.1, -0.05) is 0 Å². The van der Waals surface area contributed by atoms with Gasteiger partial charge in [0, 0.05) is 18.4 Å². The smallest absolute Gasteiger partial charge is 0.550 e. The molecule has 0 aromatic heterocycles. The second-order valence-corrected chi connectivity index (χ2v) is 0.921. The van der Waals surface area contributed by atoms with E-state index in [1.54, 1.807) is 0 Å². The molecule has 0 aliphatic carbocycles. The molecule has 5 heteroatoms. The standard InChI is InChI=1S/C3H4O4.CH3.Mg/c4-2(5)1-3(6)7;;/h1H2,(H,4,5)(H,6,7);1H3;/q;-1;+2/p-2. The van der Waals surface area contributed by atoms with Crippen LogP contribution in [0.5, 0.6) is 0 Å². The first-order chi connectivity index (χ1) is 3.13. The van der Waals surface area contributed by atoms with Crippen molar-refractivity contribution >= 4 is 35.0 Å². The van der Waals surface area contributed by atoms with Crippen LogP contribution in [0.3, 0.4) is 0 Å². The van der Waals surface area contributed by atoms with E-state index in [0.29, 0.717) is 0 Å². The average molecular weight is 141 g/mol. The molecule has 0 aromatic rings. The summed E-state index contributed by atoms with van der Waals surface area (Å²) in [6, 6.07) is 0. The van der Waals surface area contributed by atoms with Crippen molar-refractivity contribution in [1.29, 1.82) is 0 Å². The van der Waals surface area contributed by atoms with E-state index in [4.69, 9.17) is 0 Å². The van der Waals surface area contributed by atoms with Gasteiger partial charge in [-0.3, -0.25) is 0 Å². The molecule has 0 unspecified atom stereocenters. The largest absolute Gasteiger partial charge is 2.00 e. The molecular formula is C4H5MgO4-. The summed E-state index contributed by atoms with van der Waals surface area (Å²) in [5.74, 6) is -3.25. The van der Waals surface area contributed by atoms with Crippen molar-refractivity contribution in [2.24, 2.45) is 0 Å². The topological polar surface area (TPSA) is 80.3 Å². The minimum absolute atomic E-state index is 0. The maximum Gasteiger partial charge on any atom is 2.00 e. The molecule has 0 saturated carbocycles. The second-order valence-electron chi connectivity index (χ2n) is 0.921. The molecule has 0 rings (SSSR count). The molecule has 4 nitrogen and oxygen atoms in total. The van der Waals surface area contributed by atoms with Crippen LogP contribution in [0.2, 0.25) is 0 Å². The van der Waals surface area contributed by atoms with Gasteiger partial charge < -0.3 is 27.2 Å². The zero-order valence-electron chi connectivity index (χ0n) is 5.05. The molecule has 0 atom stereocenters. The van der Waals surface area contributed by atoms with Crippen molar-refractivity contribution in [1.82, 2.24) is 0 Å². The molecule has 0 saturated heterocycles. The van der Waals surface area contributed by atoms with Crippen LogP contribution in [0.15, 0.2) is 0 Å². The van der Waals surface area contributed by atoms with Crippen molar-refractivity contribution < 1.29 is 19.8 Å². The van der Waals surface area contributed by atoms with Gasteiger partial charge in [0.05, 0.1) is 0 Å². The summed E-state index contributed by atoms with van der Waals surface area (Å²) < 4.78 is 0. The fraction of sp³-hybridized carbons (Fsp3) is 0.250. The van der Waals surface area contributed by atoms with Gasteiger partial charge in [-0.15, -0.1) is 0 Å². The SMILES string of the molecule is O=C([O-])CC(=O)[O-].[CH3-].[Mg+2]. The van der Waals surface area contributed by atoms with Crippen molar-refractivity contribution in [3.8, 4) is 0 Å². The minimum Gasteiger partial charge on any atom is -0.550 e. The van der Waals surface area contributed by atoms with E-state index in [0.717, 1.165) is 0 Å². The molecule has 0 aliphatic heterocycles. The Morgan fingerprint density at radius 3 is 1.33 bits per heavy atom. The van der Waals surface area contributed by atoms with E-state index in [1.807, 2.05) is 0 Å². The molecule has 0 fully saturated rings. The third kappa shape index (κ3) is 18.3. The number of hydrogen-bond acceptors (Lipinski definition) is 4. The molecule has 0 spiro atoms. The number of rotatable bonds is 2. The predicted molar refractivity (Wildman–Crippen MR) is 26.8 cm³/mol. The number of carboxylic acids is 2. The second kappa shape index (κ2) is 7.71. The first-order valence-electron chi connectivity index (χ1n) is 1.52. The summed E-state index contributed by atoms with van der Waals surface area (Å²) >= 11 is 0. The van der Waals surface area contributed by atoms with Crippen LogP contribution in [-0.4, -0.2) is 35.0 Å². The zero-order valence-corrected chi connectivity index (χ0v) is 6.46. The number of hydrogen-bond donors (Lipinski definition) is 0. The van der Waals surface area contributed by atoms with Crippen LogP contribution >= 0.6 is 0 Å². The number of carbonyl (C=O) groups excluding carboxylic acids is 2. The number of aliphatic carboxylic acids is 2. The summed E-state index contributed by atoms with van der Waals surface area (Å²) in [5, 5.41) is 18.6. The van der Waals surface area contributed by atoms with Gasteiger partial charge in [0.25, 0.3) is 0 Å². The van der Waals surface area contributed by atoms with Crippen molar-refractivity contribution in [2.45, 2.75) is 6.42 Å². The van der Waals surface area contributed by atoms with Crippen LogP contribution in [0.4, 0.5) is 0 Å². The first kappa shape index (κ1) is 15.9. The van der Waals surface area contributed by atoms with E-state index in [-0.39, 0.29) is 30.5 Å². The first-order valence-corrected chi connectivity index (χ1v) is 1.52. The van der Waals surface area contributed by atoms with Crippen LogP contribution < -0.4 is 10.2 Å². The maximum atomic E-state index is 9.28. The fourth-order valence-corrected chi connectivity index (χ4v) is 0.118. The van der Waals surface area contributed by atoms with Gasteiger partial charge >= 0.3 is 23.1 Å². The van der Waals surface area contributed by atoms with Crippen LogP contribution in [0, 0.1) is 7.43 Å². The molecule has 0 aliphatic rings. The molecule has 0 N–H and O–H groups in total. The Morgan fingerprint density at radius 2 is 1.33 bits per heavy atom. The molecular weight excluding hydrogens is 136 g/mol. The van der Waals surface area contributed by atoms with E-state index >= 15 is 0 Å². The monoisotopic (exact) mass is 141 g/mol. The van der Waals surface area contributed by atoms with E-state index in [9.17, 15) is 19.8 Å². The Bertz CT molecular complexity index is 88.7. The molecule has 0 aromatic carbocycles. The van der Waals surface area contributed by atoms with Crippen molar-refractivity contribution in [3.63, 3.8) is 0 Å². The van der Waals surface area contributed by atoms with Gasteiger partial charge in [-0.25, -0.2) is 0 Å². The van der Waals surface area contributed by atoms with Crippen LogP contribution in [0.25, 0.3) is 0 Å². The number of carbonyl (C=O) groups is 2. The Morgan fingerprint density at radius 1 is 1.11 bits per heavy atom. The van der Waals surface area contributed by atoms with Crippen molar-refractivity contribution in [3.05, 3.63) is 7.43 Å². The molecule has 0 heterocycles. The third-order valence-corrected chi connectivity index (χ3v) is 0.289. The summed E-state index contributed by atoms with van der Waals surface area (Å²) in [6.45, 7) is 0. The van der Waals surface area contributed by atoms with E-state index < -0.39 is 18.4 Å². The van der Waals surface area contributed by atoms with E-state index in [2.05, 4.69) is 0 Å². The quantitative estimate of drug-likeness (QED) is 0.232. The predicted octanol–water partition coefficient (Wildman–Crippen LogP) is -3.05. The normalized spacial score (nSPS) is 6.22. The number of carboxylic acid groups (broad SMARTS) is 2. The molecule has 0 radical (unpaired) electrons. The maximum absolute atomic E-state index is 9.28. The Labute approximate surface area is 69.0 Å². The molecule has 48 valence electrons. The summed E-state index contributed by atoms with van der Waals surface area (Å²) in [7, 11) is 0. The Kier molecular flexibility index (Phi) is 13.6. The third-order valence-electron chi connectivity index (χ3n) is 0.289. The fourth-order valence-electron chi connectivity index (χ4n) is 0.118. The van der Waals surface area contributed by atoms with Crippen molar-refractivity contribution in [2.75, 3.05) is 0 Å². The van der Waals surface area contributed by atoms with Crippen LogP contribution in [-0.2, 0) is 9.59 Å². The van der Waals surface area contributed by atoms with E-state index in [1.165, 1.54) is 0 Å². The Balaban J connectivity index is -0.000000180. The summed E-state index contributed by atoms with van der Waals surface area (Å²) in [6.07, 6.45) is -1.03. The average Bonchev–Trinajstić information content (AvgIpc) is 1.27. The molecule has 9 heavy (non-hydrogen) atoms. The Hall–Kier alpha value is -0.294. The molecule has 0 bridgehead atoms. The van der Waals surface area contributed by atoms with Gasteiger partial charge in [0.15, 0.2) is 0 Å². The van der Waals surface area contributed by atoms with Gasteiger partial charge in [-0.05, 0) is 0 Å². The van der Waals surface area contributed by atoms with Gasteiger partial charge in [0.2, 0.25) is 0 Å². The van der Waals surface area contributed by atoms with Gasteiger partial charge in [0.1, 0.15) is 0 Å². The minimum atomic E-state index is -1.63.